The summed E-state index contributed by atoms with van der Waals surface area (Å²) in [6, 6.07) is 0. The molecule has 0 saturated carbocycles. The molecule has 4 N–H and O–H groups in total. The van der Waals surface area contributed by atoms with Gasteiger partial charge in [-0.05, 0) is 12.8 Å². The summed E-state index contributed by atoms with van der Waals surface area (Å²) in [5.41, 5.74) is 2.48. The summed E-state index contributed by atoms with van der Waals surface area (Å²) in [7, 11) is 1.70. The van der Waals surface area contributed by atoms with E-state index in [4.69, 9.17) is 15.3 Å². The van der Waals surface area contributed by atoms with Crippen molar-refractivity contribution in [3.05, 3.63) is 0 Å². The molecule has 0 radical (unpaired) electrons. The van der Waals surface area contributed by atoms with Crippen molar-refractivity contribution in [2.24, 2.45) is 5.84 Å². The number of methoxy groups -OCH3 is 1. The van der Waals surface area contributed by atoms with Gasteiger partial charge in [-0.15, -0.1) is 0 Å². The number of nitrogens with two attached hydrogens (primary N) is 1. The van der Waals surface area contributed by atoms with E-state index < -0.39 is 0 Å². The van der Waals surface area contributed by atoms with Crippen LogP contribution >= 0.6 is 0 Å². The number of hydrogen-bond acceptors (Lipinski definition) is 9. The van der Waals surface area contributed by atoms with Crippen LogP contribution in [0.5, 0.6) is 0 Å². The third kappa shape index (κ3) is 4.96. The van der Waals surface area contributed by atoms with Gasteiger partial charge < -0.3 is 19.7 Å². The first-order valence-electron chi connectivity index (χ1n) is 7.11. The maximum Gasteiger partial charge on any atom is 0.243 e. The molecule has 1 aromatic rings. The number of hydrazine groups is 1. The summed E-state index contributed by atoms with van der Waals surface area (Å²) >= 11 is 0. The van der Waals surface area contributed by atoms with Gasteiger partial charge in [0, 0.05) is 33.4 Å². The third-order valence-corrected chi connectivity index (χ3v) is 3.10. The maximum absolute atomic E-state index is 5.42. The molecule has 2 rings (SSSR count). The molecule has 1 aliphatic rings. The van der Waals surface area contributed by atoms with E-state index in [2.05, 4.69) is 30.6 Å². The van der Waals surface area contributed by atoms with Crippen LogP contribution in [-0.4, -0.2) is 61.5 Å². The van der Waals surface area contributed by atoms with E-state index in [1.807, 2.05) is 0 Å². The monoisotopic (exact) mass is 297 g/mol. The average molecular weight is 297 g/mol. The highest BCUT2D eigenvalue weighted by Gasteiger charge is 2.16. The second-order valence-corrected chi connectivity index (χ2v) is 4.65. The van der Waals surface area contributed by atoms with Crippen LogP contribution < -0.4 is 21.5 Å². The Labute approximate surface area is 124 Å². The molecule has 0 spiro atoms. The summed E-state index contributed by atoms with van der Waals surface area (Å²) in [6.07, 6.45) is 1.98. The molecule has 1 aromatic heterocycles. The molecule has 0 amide bonds. The summed E-state index contributed by atoms with van der Waals surface area (Å²) in [5, 5.41) is 3.19. The predicted octanol–water partition coefficient (Wildman–Crippen LogP) is -0.168. The molecule has 9 heteroatoms. The van der Waals surface area contributed by atoms with Gasteiger partial charge in [0.15, 0.2) is 0 Å². The fraction of sp³-hybridized carbons (Fsp3) is 0.750. The lowest BCUT2D eigenvalue weighted by Gasteiger charge is -2.27. The highest BCUT2D eigenvalue weighted by atomic mass is 16.5. The number of nitrogen functional groups attached to an aromatic ring is 1. The molecule has 0 unspecified atom stereocenters. The number of morpholine rings is 1. The Morgan fingerprint density at radius 2 is 1.95 bits per heavy atom. The van der Waals surface area contributed by atoms with Crippen molar-refractivity contribution in [2.75, 3.05) is 62.2 Å². The zero-order chi connectivity index (χ0) is 14.9. The van der Waals surface area contributed by atoms with Gasteiger partial charge in [-0.1, -0.05) is 0 Å². The third-order valence-electron chi connectivity index (χ3n) is 3.10. The van der Waals surface area contributed by atoms with Gasteiger partial charge in [0.1, 0.15) is 0 Å². The summed E-state index contributed by atoms with van der Waals surface area (Å²) in [4.78, 5) is 15.0. The Morgan fingerprint density at radius 3 is 2.67 bits per heavy atom. The fourth-order valence-electron chi connectivity index (χ4n) is 1.98. The van der Waals surface area contributed by atoms with Crippen molar-refractivity contribution in [1.29, 1.82) is 0 Å². The molecule has 2 heterocycles. The maximum atomic E-state index is 5.42. The number of aromatic nitrogens is 3. The Balaban J connectivity index is 1.96. The lowest BCUT2D eigenvalue weighted by atomic mass is 10.3. The van der Waals surface area contributed by atoms with Crippen LogP contribution in [0.15, 0.2) is 0 Å². The lowest BCUT2D eigenvalue weighted by Crippen LogP contribution is -2.37. The number of hydrogen-bond donors (Lipinski definition) is 3. The molecular weight excluding hydrogens is 274 g/mol. The standard InChI is InChI=1S/C12H23N7O2/c1-20-7-3-2-4-14-10-15-11(18-13)17-12(16-10)19-5-8-21-9-6-19/h2-9,13H2,1H3,(H2,14,15,16,17,18). The first kappa shape index (κ1) is 15.7. The number of ether oxygens (including phenoxy) is 2. The van der Waals surface area contributed by atoms with Gasteiger partial charge in [-0.3, -0.25) is 5.43 Å². The SMILES string of the molecule is COCCCCNc1nc(NN)nc(N2CCOCC2)n1. The average Bonchev–Trinajstić information content (AvgIpc) is 2.55. The first-order chi connectivity index (χ1) is 10.3. The van der Waals surface area contributed by atoms with E-state index in [1.165, 1.54) is 0 Å². The lowest BCUT2D eigenvalue weighted by molar-refractivity contribution is 0.122. The Hall–Kier alpha value is -1.71. The zero-order valence-electron chi connectivity index (χ0n) is 12.3. The smallest absolute Gasteiger partial charge is 0.243 e. The van der Waals surface area contributed by atoms with Crippen LogP contribution in [-0.2, 0) is 9.47 Å². The number of anilines is 3. The van der Waals surface area contributed by atoms with Gasteiger partial charge >= 0.3 is 0 Å². The summed E-state index contributed by atoms with van der Waals surface area (Å²) in [6.45, 7) is 4.42. The van der Waals surface area contributed by atoms with Crippen molar-refractivity contribution < 1.29 is 9.47 Å². The van der Waals surface area contributed by atoms with Crippen LogP contribution in [0.25, 0.3) is 0 Å². The van der Waals surface area contributed by atoms with E-state index in [1.54, 1.807) is 7.11 Å². The van der Waals surface area contributed by atoms with Crippen LogP contribution in [0.2, 0.25) is 0 Å². The number of nitrogens with zero attached hydrogens (tertiary/aromatic N) is 4. The molecule has 1 aliphatic heterocycles. The summed E-state index contributed by atoms with van der Waals surface area (Å²) in [5.74, 6) is 6.91. The molecule has 21 heavy (non-hydrogen) atoms. The van der Waals surface area contributed by atoms with E-state index in [9.17, 15) is 0 Å². The molecule has 0 atom stereocenters. The molecule has 0 aliphatic carbocycles. The van der Waals surface area contributed by atoms with Crippen molar-refractivity contribution in [1.82, 2.24) is 15.0 Å². The fourth-order valence-corrected chi connectivity index (χ4v) is 1.98. The Bertz CT molecular complexity index is 426. The van der Waals surface area contributed by atoms with Gasteiger partial charge in [0.05, 0.1) is 13.2 Å². The summed E-state index contributed by atoms with van der Waals surface area (Å²) < 4.78 is 10.3. The van der Waals surface area contributed by atoms with Crippen LogP contribution in [0, 0.1) is 0 Å². The zero-order valence-corrected chi connectivity index (χ0v) is 12.3. The highest BCUT2D eigenvalue weighted by Crippen LogP contribution is 2.14. The van der Waals surface area contributed by atoms with Crippen LogP contribution in [0.3, 0.4) is 0 Å². The molecule has 118 valence electrons. The quantitative estimate of drug-likeness (QED) is 0.342. The second-order valence-electron chi connectivity index (χ2n) is 4.65. The highest BCUT2D eigenvalue weighted by molar-refractivity contribution is 5.43. The van der Waals surface area contributed by atoms with Crippen molar-refractivity contribution >= 4 is 17.8 Å². The van der Waals surface area contributed by atoms with Crippen molar-refractivity contribution in [3.63, 3.8) is 0 Å². The van der Waals surface area contributed by atoms with Crippen molar-refractivity contribution in [2.45, 2.75) is 12.8 Å². The largest absolute Gasteiger partial charge is 0.385 e. The Morgan fingerprint density at radius 1 is 1.19 bits per heavy atom. The Kier molecular flexibility index (Phi) is 6.38. The molecular formula is C12H23N7O2. The van der Waals surface area contributed by atoms with Crippen molar-refractivity contribution in [3.8, 4) is 0 Å². The van der Waals surface area contributed by atoms with E-state index in [0.717, 1.165) is 39.1 Å². The number of nitrogens with one attached hydrogen (secondary N) is 2. The minimum atomic E-state index is 0.353. The number of unbranched alkanes of at least 4 members (excludes halogenated alkanes) is 1. The molecule has 0 aromatic carbocycles. The van der Waals surface area contributed by atoms with E-state index in [0.29, 0.717) is 31.1 Å². The molecule has 1 fully saturated rings. The topological polar surface area (TPSA) is 110 Å². The van der Waals surface area contributed by atoms with Gasteiger partial charge in [0.2, 0.25) is 17.8 Å². The minimum Gasteiger partial charge on any atom is -0.385 e. The molecule has 1 saturated heterocycles. The first-order valence-corrected chi connectivity index (χ1v) is 7.11. The normalized spacial score (nSPS) is 15.0. The molecule has 9 nitrogen and oxygen atoms in total. The van der Waals surface area contributed by atoms with Gasteiger partial charge in [-0.25, -0.2) is 5.84 Å². The molecule has 0 bridgehead atoms. The van der Waals surface area contributed by atoms with Gasteiger partial charge in [0.25, 0.3) is 0 Å². The van der Waals surface area contributed by atoms with Crippen LogP contribution in [0.1, 0.15) is 12.8 Å². The second kappa shape index (κ2) is 8.55. The van der Waals surface area contributed by atoms with E-state index in [-0.39, 0.29) is 0 Å². The van der Waals surface area contributed by atoms with Crippen LogP contribution in [0.4, 0.5) is 17.8 Å². The predicted molar refractivity (Wildman–Crippen MR) is 80.3 cm³/mol. The number of rotatable bonds is 8. The van der Waals surface area contributed by atoms with E-state index >= 15 is 0 Å². The van der Waals surface area contributed by atoms with Gasteiger partial charge in [-0.2, -0.15) is 15.0 Å². The minimum absolute atomic E-state index is 0.353.